The van der Waals surface area contributed by atoms with E-state index in [1.807, 2.05) is 12.2 Å². The number of esters is 3. The van der Waals surface area contributed by atoms with Crippen molar-refractivity contribution in [1.82, 2.24) is 0 Å². The van der Waals surface area contributed by atoms with E-state index in [0.717, 1.165) is 109 Å². The molecule has 0 N–H and O–H groups in total. The Balaban J connectivity index is 4.48. The molecule has 0 heterocycles. The Hall–Kier alpha value is -4.19. The maximum absolute atomic E-state index is 12.9. The van der Waals surface area contributed by atoms with Crippen molar-refractivity contribution in [1.29, 1.82) is 0 Å². The second kappa shape index (κ2) is 56.4. The number of hydrogen-bond donors (Lipinski definition) is 0. The molecule has 0 aliphatic heterocycles. The van der Waals surface area contributed by atoms with E-state index >= 15 is 0 Å². The quantitative estimate of drug-likeness (QED) is 0.0262. The summed E-state index contributed by atoms with van der Waals surface area (Å²) in [6, 6.07) is 0. The van der Waals surface area contributed by atoms with Crippen molar-refractivity contribution in [2.75, 3.05) is 13.2 Å². The maximum atomic E-state index is 12.9. The third-order valence-electron chi connectivity index (χ3n) is 11.4. The Kier molecular flexibility index (Phi) is 53.0. The van der Waals surface area contributed by atoms with Crippen molar-refractivity contribution in [3.63, 3.8) is 0 Å². The highest BCUT2D eigenvalue weighted by molar-refractivity contribution is 5.71. The summed E-state index contributed by atoms with van der Waals surface area (Å²) in [6.45, 7) is 6.30. The van der Waals surface area contributed by atoms with Gasteiger partial charge in [-0.3, -0.25) is 14.4 Å². The van der Waals surface area contributed by atoms with Crippen LogP contribution in [-0.4, -0.2) is 37.2 Å². The van der Waals surface area contributed by atoms with E-state index in [1.54, 1.807) is 0 Å². The first-order valence-corrected chi connectivity index (χ1v) is 28.0. The Morgan fingerprint density at radius 2 is 0.594 bits per heavy atom. The molecule has 0 radical (unpaired) electrons. The highest BCUT2D eigenvalue weighted by atomic mass is 16.6. The van der Waals surface area contributed by atoms with Gasteiger partial charge in [0.05, 0.1) is 0 Å². The van der Waals surface area contributed by atoms with Crippen LogP contribution in [0.4, 0.5) is 0 Å². The molecular formula is C63H102O6. The predicted molar refractivity (Wildman–Crippen MR) is 297 cm³/mol. The minimum absolute atomic E-state index is 0.112. The number of carbonyl (C=O) groups is 3. The van der Waals surface area contributed by atoms with Gasteiger partial charge in [0, 0.05) is 19.3 Å². The molecule has 390 valence electrons. The number of unbranched alkanes of at least 4 members (excludes halogenated alkanes) is 18. The molecule has 0 aromatic carbocycles. The van der Waals surface area contributed by atoms with Gasteiger partial charge in [0.15, 0.2) is 6.10 Å². The first kappa shape index (κ1) is 64.8. The highest BCUT2D eigenvalue weighted by Crippen LogP contribution is 2.14. The molecule has 0 amide bonds. The zero-order chi connectivity index (χ0) is 50.0. The molecule has 0 aromatic heterocycles. The molecule has 0 aromatic rings. The van der Waals surface area contributed by atoms with Gasteiger partial charge >= 0.3 is 17.9 Å². The van der Waals surface area contributed by atoms with Crippen LogP contribution in [0.5, 0.6) is 0 Å². The van der Waals surface area contributed by atoms with Crippen molar-refractivity contribution in [2.24, 2.45) is 0 Å². The molecule has 0 spiro atoms. The predicted octanol–water partition coefficient (Wildman–Crippen LogP) is 18.9. The van der Waals surface area contributed by atoms with E-state index in [1.165, 1.54) is 83.5 Å². The molecule has 6 nitrogen and oxygen atoms in total. The lowest BCUT2D eigenvalue weighted by atomic mass is 10.1. The Bertz CT molecular complexity index is 1470. The Labute approximate surface area is 424 Å². The smallest absolute Gasteiger partial charge is 0.306 e. The zero-order valence-electron chi connectivity index (χ0n) is 44.5. The van der Waals surface area contributed by atoms with E-state index in [2.05, 4.69) is 130 Å². The molecular weight excluding hydrogens is 853 g/mol. The van der Waals surface area contributed by atoms with Crippen LogP contribution in [0.15, 0.2) is 122 Å². The van der Waals surface area contributed by atoms with Gasteiger partial charge in [0.1, 0.15) is 13.2 Å². The Morgan fingerprint density at radius 3 is 0.971 bits per heavy atom. The summed E-state index contributed by atoms with van der Waals surface area (Å²) in [5.74, 6) is -1.02. The summed E-state index contributed by atoms with van der Waals surface area (Å²) in [5.41, 5.74) is 0. The molecule has 0 saturated carbocycles. The molecule has 0 bridgehead atoms. The van der Waals surface area contributed by atoms with E-state index in [-0.39, 0.29) is 37.5 Å². The lowest BCUT2D eigenvalue weighted by Crippen LogP contribution is -2.30. The van der Waals surface area contributed by atoms with E-state index in [9.17, 15) is 14.4 Å². The number of allylic oxidation sites excluding steroid dienone is 20. The lowest BCUT2D eigenvalue weighted by molar-refractivity contribution is -0.166. The number of carbonyl (C=O) groups excluding carboxylic acids is 3. The van der Waals surface area contributed by atoms with Crippen molar-refractivity contribution < 1.29 is 28.6 Å². The van der Waals surface area contributed by atoms with Gasteiger partial charge in [0.25, 0.3) is 0 Å². The Morgan fingerprint density at radius 1 is 0.304 bits per heavy atom. The minimum Gasteiger partial charge on any atom is -0.462 e. The summed E-state index contributed by atoms with van der Waals surface area (Å²) >= 11 is 0. The molecule has 1 unspecified atom stereocenters. The average Bonchev–Trinajstić information content (AvgIpc) is 3.35. The molecule has 0 aliphatic rings. The third kappa shape index (κ3) is 54.6. The van der Waals surface area contributed by atoms with Crippen molar-refractivity contribution >= 4 is 17.9 Å². The summed E-state index contributed by atoms with van der Waals surface area (Å²) in [4.78, 5) is 38.1. The van der Waals surface area contributed by atoms with Crippen LogP contribution in [0.1, 0.15) is 239 Å². The van der Waals surface area contributed by atoms with Gasteiger partial charge in [-0.25, -0.2) is 0 Å². The fourth-order valence-corrected chi connectivity index (χ4v) is 7.30. The largest absolute Gasteiger partial charge is 0.462 e. The topological polar surface area (TPSA) is 78.9 Å². The van der Waals surface area contributed by atoms with Crippen molar-refractivity contribution in [2.45, 2.75) is 245 Å². The van der Waals surface area contributed by atoms with Gasteiger partial charge in [-0.2, -0.15) is 0 Å². The summed E-state index contributed by atoms with van der Waals surface area (Å²) < 4.78 is 16.8. The fourth-order valence-electron chi connectivity index (χ4n) is 7.30. The van der Waals surface area contributed by atoms with Crippen LogP contribution in [-0.2, 0) is 28.6 Å². The van der Waals surface area contributed by atoms with Crippen molar-refractivity contribution in [3.05, 3.63) is 122 Å². The normalized spacial score (nSPS) is 13.0. The number of ether oxygens (including phenoxy) is 3. The second-order valence-corrected chi connectivity index (χ2v) is 18.1. The molecule has 69 heavy (non-hydrogen) atoms. The molecule has 0 rings (SSSR count). The minimum atomic E-state index is -0.819. The van der Waals surface area contributed by atoms with E-state index < -0.39 is 6.10 Å². The lowest BCUT2D eigenvalue weighted by Gasteiger charge is -2.18. The highest BCUT2D eigenvalue weighted by Gasteiger charge is 2.19. The van der Waals surface area contributed by atoms with Gasteiger partial charge < -0.3 is 14.2 Å². The first-order chi connectivity index (χ1) is 34.0. The van der Waals surface area contributed by atoms with Gasteiger partial charge in [-0.15, -0.1) is 0 Å². The van der Waals surface area contributed by atoms with Crippen LogP contribution in [0, 0.1) is 0 Å². The van der Waals surface area contributed by atoms with Gasteiger partial charge in [-0.05, 0) is 116 Å². The van der Waals surface area contributed by atoms with E-state index in [4.69, 9.17) is 14.2 Å². The fraction of sp³-hybridized carbons (Fsp3) is 0.635. The van der Waals surface area contributed by atoms with Crippen molar-refractivity contribution in [3.8, 4) is 0 Å². The van der Waals surface area contributed by atoms with E-state index in [0.29, 0.717) is 19.3 Å². The molecule has 1 atom stereocenters. The summed E-state index contributed by atoms with van der Waals surface area (Å²) in [5, 5.41) is 0. The molecule has 6 heteroatoms. The molecule has 0 saturated heterocycles. The van der Waals surface area contributed by atoms with Crippen LogP contribution in [0.25, 0.3) is 0 Å². The van der Waals surface area contributed by atoms with Gasteiger partial charge in [-0.1, -0.05) is 226 Å². The van der Waals surface area contributed by atoms with Crippen LogP contribution in [0.2, 0.25) is 0 Å². The summed E-state index contributed by atoms with van der Waals surface area (Å²) in [6.07, 6.45) is 77.7. The first-order valence-electron chi connectivity index (χ1n) is 28.0. The van der Waals surface area contributed by atoms with Crippen LogP contribution in [0.3, 0.4) is 0 Å². The third-order valence-corrected chi connectivity index (χ3v) is 11.4. The zero-order valence-corrected chi connectivity index (χ0v) is 44.5. The average molecular weight is 956 g/mol. The maximum Gasteiger partial charge on any atom is 0.306 e. The SMILES string of the molecule is CC/C=C\C/C=C\C/C=C\C/C=C\CCCCCCCCC(=O)OCC(COC(=O)CC/C=C\C/C=C\C/C=C\C/C=C\CC)OC(=O)CCCCCCCCCCC/C=C\C/C=C\CCCCC. The monoisotopic (exact) mass is 955 g/mol. The standard InChI is InChI=1S/C63H102O6/c1-4-7-10-13-16-19-22-25-27-29-31-33-35-38-41-44-47-50-53-56-62(65)68-59-60(58-67-61(64)55-52-49-46-43-40-37-24-21-18-15-12-9-6-3)69-63(66)57-54-51-48-45-42-39-36-34-32-30-28-26-23-20-17-14-11-8-5-2/h7,9-10,12,16-21,25-28,31,33,37,40,46,49,60H,4-6,8,11,13-15,22-24,29-30,32,34-36,38-39,41-45,47-48,50-59H2,1-3H3/b10-7-,12-9-,19-16-,20-17-,21-18-,27-25-,28-26-,33-31-,40-37-,49-46-. The number of hydrogen-bond acceptors (Lipinski definition) is 6. The van der Waals surface area contributed by atoms with Gasteiger partial charge in [0.2, 0.25) is 0 Å². The molecule has 0 fully saturated rings. The van der Waals surface area contributed by atoms with Crippen LogP contribution >= 0.6 is 0 Å². The summed E-state index contributed by atoms with van der Waals surface area (Å²) in [7, 11) is 0. The molecule has 0 aliphatic carbocycles. The van der Waals surface area contributed by atoms with Crippen LogP contribution < -0.4 is 0 Å². The number of rotatable bonds is 49. The second-order valence-electron chi connectivity index (χ2n) is 18.1.